The molecule has 0 saturated carbocycles. The van der Waals surface area contributed by atoms with Gasteiger partial charge < -0.3 is 20.1 Å². The number of likely N-dealkylation sites (tertiary alicyclic amines) is 1. The molecule has 19 heavy (non-hydrogen) atoms. The van der Waals surface area contributed by atoms with Gasteiger partial charge in [-0.2, -0.15) is 0 Å². The Bertz CT molecular complexity index is 348. The van der Waals surface area contributed by atoms with Crippen molar-refractivity contribution in [2.24, 2.45) is 11.8 Å². The second-order valence-corrected chi connectivity index (χ2v) is 5.43. The summed E-state index contributed by atoms with van der Waals surface area (Å²) < 4.78 is 5.45. The number of carbonyl (C=O) groups is 2. The number of carboxylic acid groups (broad SMARTS) is 1. The van der Waals surface area contributed by atoms with Crippen molar-refractivity contribution in [2.45, 2.75) is 32.3 Å². The number of ether oxygens (including phenoxy) is 1. The van der Waals surface area contributed by atoms with E-state index in [2.05, 4.69) is 5.32 Å². The van der Waals surface area contributed by atoms with Gasteiger partial charge in [-0.1, -0.05) is 0 Å². The van der Waals surface area contributed by atoms with Gasteiger partial charge in [0.05, 0.1) is 12.0 Å². The first-order chi connectivity index (χ1) is 9.08. The van der Waals surface area contributed by atoms with E-state index in [0.717, 1.165) is 19.4 Å². The van der Waals surface area contributed by atoms with E-state index < -0.39 is 11.9 Å². The topological polar surface area (TPSA) is 78.9 Å². The zero-order valence-corrected chi connectivity index (χ0v) is 11.3. The standard InChI is InChI=1S/C13H22N2O4/c1-9-10(4-6-19-9)7-14-13(18)15-5-2-3-11(8-15)12(16)17/h9-11H,2-8H2,1H3,(H,14,18)(H,16,17). The van der Waals surface area contributed by atoms with E-state index in [-0.39, 0.29) is 12.1 Å². The van der Waals surface area contributed by atoms with Crippen LogP contribution in [-0.4, -0.2) is 54.4 Å². The maximum absolute atomic E-state index is 12.0. The summed E-state index contributed by atoms with van der Waals surface area (Å²) in [5.74, 6) is -0.868. The Morgan fingerprint density at radius 2 is 2.21 bits per heavy atom. The molecule has 2 heterocycles. The van der Waals surface area contributed by atoms with Crippen molar-refractivity contribution < 1.29 is 19.4 Å². The molecular formula is C13H22N2O4. The van der Waals surface area contributed by atoms with Crippen LogP contribution in [0, 0.1) is 11.8 Å². The lowest BCUT2D eigenvalue weighted by Crippen LogP contribution is -2.48. The van der Waals surface area contributed by atoms with Gasteiger partial charge in [0.25, 0.3) is 0 Å². The molecule has 2 saturated heterocycles. The van der Waals surface area contributed by atoms with Gasteiger partial charge in [-0.3, -0.25) is 4.79 Å². The highest BCUT2D eigenvalue weighted by Crippen LogP contribution is 2.20. The van der Waals surface area contributed by atoms with E-state index in [0.29, 0.717) is 32.0 Å². The number of nitrogens with zero attached hydrogens (tertiary/aromatic N) is 1. The minimum absolute atomic E-state index is 0.148. The quantitative estimate of drug-likeness (QED) is 0.799. The Hall–Kier alpha value is -1.30. The van der Waals surface area contributed by atoms with E-state index in [1.54, 1.807) is 4.90 Å². The van der Waals surface area contributed by atoms with Gasteiger partial charge in [-0.05, 0) is 26.2 Å². The maximum Gasteiger partial charge on any atom is 0.317 e. The van der Waals surface area contributed by atoms with E-state index >= 15 is 0 Å². The Morgan fingerprint density at radius 3 is 2.84 bits per heavy atom. The van der Waals surface area contributed by atoms with Crippen LogP contribution in [0.15, 0.2) is 0 Å². The number of rotatable bonds is 3. The van der Waals surface area contributed by atoms with Crippen LogP contribution in [0.4, 0.5) is 4.79 Å². The molecule has 0 spiro atoms. The summed E-state index contributed by atoms with van der Waals surface area (Å²) in [7, 11) is 0. The Balaban J connectivity index is 1.77. The van der Waals surface area contributed by atoms with Crippen molar-refractivity contribution in [3.8, 4) is 0 Å². The third-order valence-electron chi connectivity index (χ3n) is 4.11. The van der Waals surface area contributed by atoms with Crippen LogP contribution in [0.5, 0.6) is 0 Å². The summed E-state index contributed by atoms with van der Waals surface area (Å²) >= 11 is 0. The molecule has 2 fully saturated rings. The number of piperidine rings is 1. The summed E-state index contributed by atoms with van der Waals surface area (Å²) in [6.07, 6.45) is 2.58. The second-order valence-electron chi connectivity index (χ2n) is 5.43. The van der Waals surface area contributed by atoms with Crippen LogP contribution in [-0.2, 0) is 9.53 Å². The van der Waals surface area contributed by atoms with Gasteiger partial charge in [-0.15, -0.1) is 0 Å². The van der Waals surface area contributed by atoms with Crippen molar-refractivity contribution in [3.05, 3.63) is 0 Å². The van der Waals surface area contributed by atoms with Crippen LogP contribution in [0.3, 0.4) is 0 Å². The van der Waals surface area contributed by atoms with Crippen molar-refractivity contribution in [1.29, 1.82) is 0 Å². The molecule has 108 valence electrons. The average molecular weight is 270 g/mol. The third kappa shape index (κ3) is 3.59. The minimum Gasteiger partial charge on any atom is -0.481 e. The van der Waals surface area contributed by atoms with Crippen LogP contribution >= 0.6 is 0 Å². The molecule has 0 aromatic rings. The number of hydrogen-bond donors (Lipinski definition) is 2. The zero-order chi connectivity index (χ0) is 13.8. The summed E-state index contributed by atoms with van der Waals surface area (Å²) in [5, 5.41) is 11.9. The number of carbonyl (C=O) groups excluding carboxylic acids is 1. The van der Waals surface area contributed by atoms with E-state index in [9.17, 15) is 9.59 Å². The van der Waals surface area contributed by atoms with Crippen molar-refractivity contribution in [1.82, 2.24) is 10.2 Å². The number of amides is 2. The Labute approximate surface area is 113 Å². The first-order valence-corrected chi connectivity index (χ1v) is 6.95. The van der Waals surface area contributed by atoms with Gasteiger partial charge in [0.1, 0.15) is 0 Å². The molecule has 2 rings (SSSR count). The Morgan fingerprint density at radius 1 is 1.42 bits per heavy atom. The number of hydrogen-bond acceptors (Lipinski definition) is 3. The van der Waals surface area contributed by atoms with Crippen LogP contribution in [0.1, 0.15) is 26.2 Å². The predicted molar refractivity (Wildman–Crippen MR) is 68.9 cm³/mol. The molecule has 2 aliphatic rings. The zero-order valence-electron chi connectivity index (χ0n) is 11.3. The van der Waals surface area contributed by atoms with Crippen LogP contribution < -0.4 is 5.32 Å². The van der Waals surface area contributed by atoms with Gasteiger partial charge in [0.2, 0.25) is 0 Å². The lowest BCUT2D eigenvalue weighted by Gasteiger charge is -2.31. The molecule has 0 aromatic heterocycles. The fourth-order valence-electron chi connectivity index (χ4n) is 2.74. The molecule has 0 bridgehead atoms. The monoisotopic (exact) mass is 270 g/mol. The number of nitrogens with one attached hydrogen (secondary N) is 1. The largest absolute Gasteiger partial charge is 0.481 e. The lowest BCUT2D eigenvalue weighted by molar-refractivity contribution is -0.143. The van der Waals surface area contributed by atoms with Gasteiger partial charge >= 0.3 is 12.0 Å². The molecule has 0 aromatic carbocycles. The lowest BCUT2D eigenvalue weighted by atomic mass is 9.98. The predicted octanol–water partition coefficient (Wildman–Crippen LogP) is 0.918. The molecule has 3 atom stereocenters. The van der Waals surface area contributed by atoms with E-state index in [1.807, 2.05) is 6.92 Å². The number of aliphatic carboxylic acids is 1. The maximum atomic E-state index is 12.0. The first-order valence-electron chi connectivity index (χ1n) is 6.95. The highest BCUT2D eigenvalue weighted by atomic mass is 16.5. The summed E-state index contributed by atoms with van der Waals surface area (Å²) in [6.45, 7) is 4.34. The molecule has 6 heteroatoms. The smallest absolute Gasteiger partial charge is 0.317 e. The van der Waals surface area contributed by atoms with E-state index in [4.69, 9.17) is 9.84 Å². The normalized spacial score (nSPS) is 31.2. The molecule has 0 radical (unpaired) electrons. The average Bonchev–Trinajstić information content (AvgIpc) is 2.81. The SMILES string of the molecule is CC1OCCC1CNC(=O)N1CCCC(C(=O)O)C1. The number of urea groups is 1. The minimum atomic E-state index is -0.810. The molecule has 3 unspecified atom stereocenters. The molecule has 6 nitrogen and oxygen atoms in total. The first kappa shape index (κ1) is 14.1. The Kier molecular flexibility index (Phi) is 4.63. The molecule has 2 N–H and O–H groups in total. The molecule has 0 aliphatic carbocycles. The van der Waals surface area contributed by atoms with Crippen molar-refractivity contribution in [3.63, 3.8) is 0 Å². The van der Waals surface area contributed by atoms with Crippen LogP contribution in [0.25, 0.3) is 0 Å². The van der Waals surface area contributed by atoms with Crippen molar-refractivity contribution in [2.75, 3.05) is 26.2 Å². The second kappa shape index (κ2) is 6.23. The van der Waals surface area contributed by atoms with Gasteiger partial charge in [0, 0.05) is 32.2 Å². The highest BCUT2D eigenvalue weighted by molar-refractivity contribution is 5.76. The van der Waals surface area contributed by atoms with Gasteiger partial charge in [-0.25, -0.2) is 4.79 Å². The number of carboxylic acids is 1. The third-order valence-corrected chi connectivity index (χ3v) is 4.11. The highest BCUT2D eigenvalue weighted by Gasteiger charge is 2.29. The molecular weight excluding hydrogens is 248 g/mol. The van der Waals surface area contributed by atoms with Crippen molar-refractivity contribution >= 4 is 12.0 Å². The summed E-state index contributed by atoms with van der Waals surface area (Å²) in [4.78, 5) is 24.6. The van der Waals surface area contributed by atoms with Crippen LogP contribution in [0.2, 0.25) is 0 Å². The fraction of sp³-hybridized carbons (Fsp3) is 0.846. The molecule has 2 aliphatic heterocycles. The van der Waals surface area contributed by atoms with E-state index in [1.165, 1.54) is 0 Å². The summed E-state index contributed by atoms with van der Waals surface area (Å²) in [6, 6.07) is -0.148. The summed E-state index contributed by atoms with van der Waals surface area (Å²) in [5.41, 5.74) is 0. The fourth-order valence-corrected chi connectivity index (χ4v) is 2.74. The molecule has 2 amide bonds. The van der Waals surface area contributed by atoms with Gasteiger partial charge in [0.15, 0.2) is 0 Å².